The van der Waals surface area contributed by atoms with Gasteiger partial charge in [-0.2, -0.15) is 0 Å². The van der Waals surface area contributed by atoms with Crippen molar-refractivity contribution in [1.29, 1.82) is 0 Å². The van der Waals surface area contributed by atoms with Gasteiger partial charge in [0.15, 0.2) is 6.10 Å². The molecule has 0 aromatic heterocycles. The van der Waals surface area contributed by atoms with E-state index in [1.54, 1.807) is 0 Å². The molecule has 0 fully saturated rings. The molecule has 0 aromatic carbocycles. The highest BCUT2D eigenvalue weighted by Gasteiger charge is 2.26. The Balaban J connectivity index is 4.24. The standard InChI is InChI=1S/C49H80NO8P/c1-3-5-7-9-11-13-15-17-18-19-20-21-22-23-24-25-26-27-28-30-32-34-36-38-40-42-49(52)58-47(46-57-59(53,54)56-44-43-50)45-55-48(51)41-39-37-35-33-31-29-16-14-12-10-8-6-4-2/h5,7-8,10-11,13-14,16-18,20-21,23-24,26-27,30,32,47H,3-4,6,9,12,15,19,22,25,28-29,31,33-46,50H2,1-2H3,(H,53,54)/b7-5-,10-8-,13-11-,16-14-,18-17-,21-20-,24-23-,27-26-,32-30-. The SMILES string of the molecule is CC/C=C\C/C=C\C/C=C\C/C=C\C/C=C\C/C=C\C/C=C\CCCCCC(=O)OC(COC(=O)CCCCCCC/C=C\C/C=C\CCC)COP(=O)(O)OCCN. The predicted molar refractivity (Wildman–Crippen MR) is 247 cm³/mol. The number of ether oxygens (including phenoxy) is 2. The summed E-state index contributed by atoms with van der Waals surface area (Å²) in [4.78, 5) is 34.9. The Bertz CT molecular complexity index is 1330. The smallest absolute Gasteiger partial charge is 0.462 e. The topological polar surface area (TPSA) is 134 Å². The number of esters is 2. The van der Waals surface area contributed by atoms with Gasteiger partial charge in [-0.05, 0) is 96.3 Å². The Morgan fingerprint density at radius 3 is 1.41 bits per heavy atom. The minimum absolute atomic E-state index is 0.0390. The van der Waals surface area contributed by atoms with Gasteiger partial charge in [0.1, 0.15) is 6.61 Å². The number of carbonyl (C=O) groups excluding carboxylic acids is 2. The van der Waals surface area contributed by atoms with Crippen LogP contribution in [0.5, 0.6) is 0 Å². The monoisotopic (exact) mass is 842 g/mol. The van der Waals surface area contributed by atoms with E-state index in [1.807, 2.05) is 0 Å². The zero-order valence-electron chi connectivity index (χ0n) is 36.7. The molecule has 0 saturated carbocycles. The molecule has 59 heavy (non-hydrogen) atoms. The molecule has 0 saturated heterocycles. The summed E-state index contributed by atoms with van der Waals surface area (Å²) in [6.07, 6.45) is 58.4. The zero-order chi connectivity index (χ0) is 43.2. The number of carbonyl (C=O) groups is 2. The normalized spacial score (nSPS) is 14.3. The third kappa shape index (κ3) is 44.1. The van der Waals surface area contributed by atoms with Crippen molar-refractivity contribution in [3.05, 3.63) is 109 Å². The van der Waals surface area contributed by atoms with Gasteiger partial charge in [0, 0.05) is 19.4 Å². The molecule has 0 aliphatic rings. The molecule has 0 aromatic rings. The summed E-state index contributed by atoms with van der Waals surface area (Å²) in [6.45, 7) is 3.46. The Hall–Kier alpha value is -3.33. The third-order valence-electron chi connectivity index (χ3n) is 8.62. The first-order valence-electron chi connectivity index (χ1n) is 22.4. The maximum Gasteiger partial charge on any atom is 0.472 e. The Kier molecular flexibility index (Phi) is 41.7. The lowest BCUT2D eigenvalue weighted by Crippen LogP contribution is -2.29. The third-order valence-corrected chi connectivity index (χ3v) is 9.61. The van der Waals surface area contributed by atoms with Crippen LogP contribution in [0.15, 0.2) is 109 Å². The van der Waals surface area contributed by atoms with E-state index in [2.05, 4.69) is 123 Å². The number of hydrogen-bond acceptors (Lipinski definition) is 8. The van der Waals surface area contributed by atoms with Gasteiger partial charge in [0.05, 0.1) is 13.2 Å². The molecule has 0 aliphatic heterocycles. The van der Waals surface area contributed by atoms with Crippen molar-refractivity contribution < 1.29 is 37.6 Å². The second kappa shape index (κ2) is 44.2. The van der Waals surface area contributed by atoms with E-state index in [9.17, 15) is 19.0 Å². The number of hydrogen-bond donors (Lipinski definition) is 2. The molecule has 0 heterocycles. The van der Waals surface area contributed by atoms with Crippen LogP contribution in [0.1, 0.15) is 155 Å². The fourth-order valence-electron chi connectivity index (χ4n) is 5.36. The van der Waals surface area contributed by atoms with Gasteiger partial charge in [-0.25, -0.2) is 4.57 Å². The van der Waals surface area contributed by atoms with Gasteiger partial charge in [-0.1, -0.05) is 155 Å². The predicted octanol–water partition coefficient (Wildman–Crippen LogP) is 13.2. The first kappa shape index (κ1) is 55.7. The summed E-state index contributed by atoms with van der Waals surface area (Å²) in [5, 5.41) is 0. The minimum Gasteiger partial charge on any atom is -0.462 e. The molecule has 334 valence electrons. The molecule has 2 atom stereocenters. The maximum absolute atomic E-state index is 12.6. The Labute approximate surface area is 359 Å². The Morgan fingerprint density at radius 1 is 0.525 bits per heavy atom. The first-order chi connectivity index (χ1) is 28.8. The van der Waals surface area contributed by atoms with Gasteiger partial charge in [-0.15, -0.1) is 0 Å². The van der Waals surface area contributed by atoms with Crippen molar-refractivity contribution in [2.75, 3.05) is 26.4 Å². The van der Waals surface area contributed by atoms with Crippen LogP contribution in [-0.4, -0.2) is 49.3 Å². The van der Waals surface area contributed by atoms with Crippen LogP contribution in [0.2, 0.25) is 0 Å². The van der Waals surface area contributed by atoms with E-state index in [0.29, 0.717) is 12.8 Å². The van der Waals surface area contributed by atoms with E-state index in [0.717, 1.165) is 109 Å². The largest absolute Gasteiger partial charge is 0.472 e. The van der Waals surface area contributed by atoms with Gasteiger partial charge in [0.2, 0.25) is 0 Å². The van der Waals surface area contributed by atoms with E-state index in [-0.39, 0.29) is 32.6 Å². The summed E-state index contributed by atoms with van der Waals surface area (Å²) < 4.78 is 32.7. The highest BCUT2D eigenvalue weighted by molar-refractivity contribution is 7.47. The molecular weight excluding hydrogens is 762 g/mol. The van der Waals surface area contributed by atoms with Crippen LogP contribution in [0.3, 0.4) is 0 Å². The van der Waals surface area contributed by atoms with Crippen molar-refractivity contribution in [3.8, 4) is 0 Å². The number of rotatable bonds is 40. The van der Waals surface area contributed by atoms with Gasteiger partial charge < -0.3 is 20.1 Å². The zero-order valence-corrected chi connectivity index (χ0v) is 37.6. The molecule has 0 radical (unpaired) electrons. The van der Waals surface area contributed by atoms with Crippen LogP contribution >= 0.6 is 7.82 Å². The average molecular weight is 842 g/mol. The van der Waals surface area contributed by atoms with E-state index >= 15 is 0 Å². The molecule has 9 nitrogen and oxygen atoms in total. The van der Waals surface area contributed by atoms with Crippen LogP contribution in [0.25, 0.3) is 0 Å². The molecular formula is C49H80NO8P. The van der Waals surface area contributed by atoms with Crippen LogP contribution in [0, 0.1) is 0 Å². The van der Waals surface area contributed by atoms with E-state index in [1.165, 1.54) is 6.42 Å². The lowest BCUT2D eigenvalue weighted by Gasteiger charge is -2.19. The van der Waals surface area contributed by atoms with Crippen molar-refractivity contribution >= 4 is 19.8 Å². The number of nitrogens with two attached hydrogens (primary N) is 1. The lowest BCUT2D eigenvalue weighted by atomic mass is 10.1. The number of phosphoric acid groups is 1. The number of phosphoric ester groups is 1. The van der Waals surface area contributed by atoms with Crippen LogP contribution < -0.4 is 5.73 Å². The summed E-state index contributed by atoms with van der Waals surface area (Å²) in [7, 11) is -4.40. The van der Waals surface area contributed by atoms with Gasteiger partial charge in [0.25, 0.3) is 0 Å². The van der Waals surface area contributed by atoms with Crippen LogP contribution in [-0.2, 0) is 32.7 Å². The Morgan fingerprint density at radius 2 is 0.932 bits per heavy atom. The van der Waals surface area contributed by atoms with Crippen LogP contribution in [0.4, 0.5) is 0 Å². The number of unbranched alkanes of at least 4 members (excludes halogenated alkanes) is 9. The fraction of sp³-hybridized carbons (Fsp3) is 0.592. The molecule has 0 rings (SSSR count). The molecule has 10 heteroatoms. The van der Waals surface area contributed by atoms with Crippen molar-refractivity contribution in [2.45, 2.75) is 161 Å². The molecule has 0 aliphatic carbocycles. The molecule has 0 bridgehead atoms. The summed E-state index contributed by atoms with van der Waals surface area (Å²) in [6, 6.07) is 0. The minimum atomic E-state index is -4.40. The average Bonchev–Trinajstić information content (AvgIpc) is 3.22. The van der Waals surface area contributed by atoms with E-state index in [4.69, 9.17) is 24.3 Å². The van der Waals surface area contributed by atoms with Crippen molar-refractivity contribution in [2.24, 2.45) is 5.73 Å². The van der Waals surface area contributed by atoms with Gasteiger partial charge in [-0.3, -0.25) is 18.6 Å². The van der Waals surface area contributed by atoms with Gasteiger partial charge >= 0.3 is 19.8 Å². The molecule has 3 N–H and O–H groups in total. The maximum atomic E-state index is 12.6. The summed E-state index contributed by atoms with van der Waals surface area (Å²) >= 11 is 0. The molecule has 0 amide bonds. The van der Waals surface area contributed by atoms with E-state index < -0.39 is 32.5 Å². The first-order valence-corrected chi connectivity index (χ1v) is 23.9. The summed E-state index contributed by atoms with van der Waals surface area (Å²) in [5.74, 6) is -0.896. The fourth-order valence-corrected chi connectivity index (χ4v) is 6.12. The second-order valence-corrected chi connectivity index (χ2v) is 15.6. The molecule has 2 unspecified atom stereocenters. The van der Waals surface area contributed by atoms with Crippen molar-refractivity contribution in [1.82, 2.24) is 0 Å². The lowest BCUT2D eigenvalue weighted by molar-refractivity contribution is -0.161. The highest BCUT2D eigenvalue weighted by Crippen LogP contribution is 2.43. The summed E-state index contributed by atoms with van der Waals surface area (Å²) in [5.41, 5.74) is 5.34. The number of allylic oxidation sites excluding steroid dienone is 18. The second-order valence-electron chi connectivity index (χ2n) is 14.2. The van der Waals surface area contributed by atoms with Crippen molar-refractivity contribution in [3.63, 3.8) is 0 Å². The quantitative estimate of drug-likeness (QED) is 0.0267. The highest BCUT2D eigenvalue weighted by atomic mass is 31.2. The molecule has 0 spiro atoms.